The van der Waals surface area contributed by atoms with Crippen molar-refractivity contribution in [2.45, 2.75) is 0 Å². The van der Waals surface area contributed by atoms with E-state index in [0.717, 1.165) is 0 Å². The van der Waals surface area contributed by atoms with E-state index in [0.29, 0.717) is 0 Å². The van der Waals surface area contributed by atoms with Crippen molar-refractivity contribution in [2.75, 3.05) is 0 Å². The summed E-state index contributed by atoms with van der Waals surface area (Å²) in [4.78, 5) is 0. The molecular weight excluding hydrogens is 379 g/mol. The molecular formula is H4BaFeMgMoZn. The van der Waals surface area contributed by atoms with E-state index in [-0.39, 0.29) is 130 Å². The van der Waals surface area contributed by atoms with Gasteiger partial charge in [-0.25, -0.2) is 0 Å². The van der Waals surface area contributed by atoms with E-state index in [4.69, 9.17) is 0 Å². The summed E-state index contributed by atoms with van der Waals surface area (Å²) in [5.41, 5.74) is 0. The van der Waals surface area contributed by atoms with Crippen molar-refractivity contribution in [3.63, 3.8) is 0 Å². The van der Waals surface area contributed by atoms with Crippen LogP contribution in [0.3, 0.4) is 0 Å². The Morgan fingerprint density at radius 3 is 1.00 bits per heavy atom. The van der Waals surface area contributed by atoms with Crippen molar-refractivity contribution in [3.05, 3.63) is 0 Å². The molecule has 5 heteroatoms. The normalized spacial score (nSPS) is 0. The summed E-state index contributed by atoms with van der Waals surface area (Å²) in [6, 6.07) is 0. The Hall–Kier alpha value is 4.17. The van der Waals surface area contributed by atoms with Crippen LogP contribution in [-0.4, -0.2) is 71.9 Å². The topological polar surface area (TPSA) is 0 Å². The van der Waals surface area contributed by atoms with Gasteiger partial charge < -0.3 is 0 Å². The number of hydrogen-bond donors (Lipinski definition) is 0. The van der Waals surface area contributed by atoms with Crippen LogP contribution >= 0.6 is 0 Å². The first kappa shape index (κ1) is 35.2. The fourth-order valence-electron chi connectivity index (χ4n) is 0. The van der Waals surface area contributed by atoms with Gasteiger partial charge in [0, 0.05) is 57.6 Å². The van der Waals surface area contributed by atoms with Crippen LogP contribution in [0.5, 0.6) is 0 Å². The van der Waals surface area contributed by atoms with E-state index in [1.54, 1.807) is 0 Å². The quantitative estimate of drug-likeness (QED) is 0.432. The fourth-order valence-corrected chi connectivity index (χ4v) is 0. The summed E-state index contributed by atoms with van der Waals surface area (Å²) < 4.78 is 0. The van der Waals surface area contributed by atoms with Crippen LogP contribution in [0.4, 0.5) is 0 Å². The van der Waals surface area contributed by atoms with Gasteiger partial charge >= 0.3 is 71.9 Å². The number of rotatable bonds is 0. The van der Waals surface area contributed by atoms with Crippen LogP contribution in [0.1, 0.15) is 0 Å². The zero-order chi connectivity index (χ0) is 0. The first-order valence-electron chi connectivity index (χ1n) is 0. The molecule has 0 aliphatic rings. The minimum atomic E-state index is 0. The molecule has 0 heterocycles. The smallest absolute Gasteiger partial charge is 0 e. The molecule has 0 amide bonds. The van der Waals surface area contributed by atoms with Crippen LogP contribution in [-0.2, 0) is 57.6 Å². The SMILES string of the molecule is [BaH2].[Fe].[MgH2].[Mo].[Zn]. The van der Waals surface area contributed by atoms with Gasteiger partial charge in [-0.05, 0) is 0 Å². The van der Waals surface area contributed by atoms with Crippen molar-refractivity contribution >= 4 is 71.9 Å². The summed E-state index contributed by atoms with van der Waals surface area (Å²) in [5.74, 6) is 0. The molecule has 5 heavy (non-hydrogen) atoms. The van der Waals surface area contributed by atoms with Crippen molar-refractivity contribution in [2.24, 2.45) is 0 Å². The van der Waals surface area contributed by atoms with Crippen LogP contribution in [0.2, 0.25) is 0 Å². The van der Waals surface area contributed by atoms with Crippen molar-refractivity contribution < 1.29 is 57.6 Å². The van der Waals surface area contributed by atoms with Gasteiger partial charge in [-0.3, -0.25) is 0 Å². The maximum atomic E-state index is 0. The maximum absolute atomic E-state index is 0. The van der Waals surface area contributed by atoms with Gasteiger partial charge in [-0.15, -0.1) is 0 Å². The van der Waals surface area contributed by atoms with Gasteiger partial charge in [0.05, 0.1) is 0 Å². The van der Waals surface area contributed by atoms with E-state index in [1.165, 1.54) is 0 Å². The largest absolute Gasteiger partial charge is 0.316 e. The van der Waals surface area contributed by atoms with Crippen LogP contribution in [0.15, 0.2) is 0 Å². The monoisotopic (exact) mass is 384 g/mol. The summed E-state index contributed by atoms with van der Waals surface area (Å²) in [6.07, 6.45) is 0. The summed E-state index contributed by atoms with van der Waals surface area (Å²) in [5, 5.41) is 0. The summed E-state index contributed by atoms with van der Waals surface area (Å²) in [7, 11) is 0. The molecule has 0 bridgehead atoms. The average Bonchev–Trinajstić information content (AvgIpc) is 0. The molecule has 0 saturated carbocycles. The molecule has 0 aromatic carbocycles. The minimum Gasteiger partial charge on any atom is 0 e. The van der Waals surface area contributed by atoms with E-state index >= 15 is 0 Å². The molecule has 0 unspecified atom stereocenters. The molecule has 0 nitrogen and oxygen atoms in total. The van der Waals surface area contributed by atoms with Gasteiger partial charge in [0.2, 0.25) is 0 Å². The fraction of sp³-hybridized carbons (Fsp3) is 0. The average molecular weight is 383 g/mol. The Kier molecular flexibility index (Phi) is 170. The summed E-state index contributed by atoms with van der Waals surface area (Å²) >= 11 is 0. The second-order valence-corrected chi connectivity index (χ2v) is 0. The maximum Gasteiger partial charge on any atom is 0.316 e. The van der Waals surface area contributed by atoms with Gasteiger partial charge in [0.1, 0.15) is 0 Å². The van der Waals surface area contributed by atoms with Gasteiger partial charge in [0.15, 0.2) is 0 Å². The Morgan fingerprint density at radius 1 is 1.00 bits per heavy atom. The van der Waals surface area contributed by atoms with Gasteiger partial charge in [-0.2, -0.15) is 0 Å². The van der Waals surface area contributed by atoms with E-state index in [2.05, 4.69) is 0 Å². The third-order valence-electron chi connectivity index (χ3n) is 0. The van der Waals surface area contributed by atoms with E-state index < -0.39 is 0 Å². The molecule has 0 aliphatic heterocycles. The second-order valence-electron chi connectivity index (χ2n) is 0. The van der Waals surface area contributed by atoms with Crippen molar-refractivity contribution in [3.8, 4) is 0 Å². The second kappa shape index (κ2) is 24.2. The zero-order valence-corrected chi connectivity index (χ0v) is 7.55. The molecule has 0 N–H and O–H groups in total. The standard InChI is InChI=1S/Ba.Fe.Mg.Mo.Zn.4H. The van der Waals surface area contributed by atoms with Crippen LogP contribution in [0, 0.1) is 0 Å². The summed E-state index contributed by atoms with van der Waals surface area (Å²) in [6.45, 7) is 0. The molecule has 0 aromatic rings. The van der Waals surface area contributed by atoms with Crippen molar-refractivity contribution in [1.82, 2.24) is 0 Å². The molecule has 0 atom stereocenters. The predicted molar refractivity (Wildman–Crippen MR) is 17.1 cm³/mol. The Labute approximate surface area is 126 Å². The third kappa shape index (κ3) is 17.9. The van der Waals surface area contributed by atoms with E-state index in [1.807, 2.05) is 0 Å². The molecule has 0 aliphatic carbocycles. The van der Waals surface area contributed by atoms with Gasteiger partial charge in [0.25, 0.3) is 0 Å². The Bertz CT molecular complexity index is 11.6. The van der Waals surface area contributed by atoms with Crippen LogP contribution < -0.4 is 0 Å². The predicted octanol–water partition coefficient (Wildman–Crippen LogP) is -1.84. The first-order valence-corrected chi connectivity index (χ1v) is 0. The van der Waals surface area contributed by atoms with Crippen molar-refractivity contribution in [1.29, 1.82) is 0 Å². The molecule has 0 spiro atoms. The molecule has 24 valence electrons. The molecule has 0 radical (unpaired) electrons. The molecule has 0 rings (SSSR count). The number of hydrogen-bond acceptors (Lipinski definition) is 0. The first-order chi connectivity index (χ1) is 0. The third-order valence-corrected chi connectivity index (χ3v) is 0. The van der Waals surface area contributed by atoms with E-state index in [9.17, 15) is 0 Å². The van der Waals surface area contributed by atoms with Gasteiger partial charge in [-0.1, -0.05) is 0 Å². The molecule has 0 saturated heterocycles. The Balaban J connectivity index is 0. The molecule has 0 aromatic heterocycles. The van der Waals surface area contributed by atoms with Crippen LogP contribution in [0.25, 0.3) is 0 Å². The molecule has 0 fully saturated rings. The Morgan fingerprint density at radius 2 is 1.00 bits per heavy atom. The zero-order valence-electron chi connectivity index (χ0n) is 1.47. The minimum absolute atomic E-state index is 0.